The lowest BCUT2D eigenvalue weighted by Gasteiger charge is -2.31. The molecule has 1 saturated heterocycles. The number of carbonyl (C=O) groups excluding carboxylic acids is 1. The second-order valence-corrected chi connectivity index (χ2v) is 6.02. The van der Waals surface area contributed by atoms with Crippen LogP contribution in [-0.2, 0) is 4.79 Å². The molecule has 1 aromatic carbocycles. The number of likely N-dealkylation sites (tertiary alicyclic amines) is 1. The molecule has 6 heteroatoms. The van der Waals surface area contributed by atoms with Crippen molar-refractivity contribution in [1.29, 1.82) is 0 Å². The predicted octanol–water partition coefficient (Wildman–Crippen LogP) is 2.57. The van der Waals surface area contributed by atoms with Crippen LogP contribution in [0.4, 0.5) is 0 Å². The van der Waals surface area contributed by atoms with Crippen LogP contribution in [0.25, 0.3) is 11.3 Å². The topological polar surface area (TPSA) is 83.4 Å². The molecule has 0 saturated carbocycles. The number of carbonyl (C=O) groups is 2. The van der Waals surface area contributed by atoms with Gasteiger partial charge in [0.25, 0.3) is 0 Å². The van der Waals surface area contributed by atoms with Gasteiger partial charge in [-0.15, -0.1) is 0 Å². The quantitative estimate of drug-likeness (QED) is 0.937. The highest BCUT2D eigenvalue weighted by molar-refractivity contribution is 5.89. The van der Waals surface area contributed by atoms with Crippen molar-refractivity contribution in [2.24, 2.45) is 0 Å². The van der Waals surface area contributed by atoms with E-state index < -0.39 is 5.97 Å². The number of hydrogen-bond acceptors (Lipinski definition) is 4. The molecule has 124 valence electrons. The van der Waals surface area contributed by atoms with E-state index in [0.717, 1.165) is 30.6 Å². The Kier molecular flexibility index (Phi) is 4.55. The zero-order valence-corrected chi connectivity index (χ0v) is 13.5. The van der Waals surface area contributed by atoms with Crippen molar-refractivity contribution < 1.29 is 14.7 Å². The van der Waals surface area contributed by atoms with E-state index in [9.17, 15) is 9.59 Å². The van der Waals surface area contributed by atoms with E-state index in [0.29, 0.717) is 12.2 Å². The molecule has 3 rings (SSSR count). The van der Waals surface area contributed by atoms with Crippen LogP contribution in [0.3, 0.4) is 0 Å². The van der Waals surface area contributed by atoms with Crippen LogP contribution >= 0.6 is 0 Å². The number of nitrogens with zero attached hydrogens (tertiary/aromatic N) is 3. The van der Waals surface area contributed by atoms with Crippen LogP contribution in [0.2, 0.25) is 0 Å². The maximum Gasteiger partial charge on any atom is 0.335 e. The van der Waals surface area contributed by atoms with Gasteiger partial charge in [0, 0.05) is 37.7 Å². The van der Waals surface area contributed by atoms with Gasteiger partial charge in [0.2, 0.25) is 5.91 Å². The number of benzene rings is 1. The van der Waals surface area contributed by atoms with Crippen molar-refractivity contribution in [3.05, 3.63) is 47.9 Å². The number of hydrogen-bond donors (Lipinski definition) is 1. The Morgan fingerprint density at radius 3 is 2.88 bits per heavy atom. The first-order valence-electron chi connectivity index (χ1n) is 7.96. The molecule has 1 aromatic heterocycles. The summed E-state index contributed by atoms with van der Waals surface area (Å²) in [6, 6.07) is 6.67. The first kappa shape index (κ1) is 16.1. The second-order valence-electron chi connectivity index (χ2n) is 6.02. The predicted molar refractivity (Wildman–Crippen MR) is 88.7 cm³/mol. The summed E-state index contributed by atoms with van der Waals surface area (Å²) >= 11 is 0. The molecule has 1 unspecified atom stereocenters. The molecule has 2 heterocycles. The Bertz CT molecular complexity index is 776. The van der Waals surface area contributed by atoms with E-state index in [1.54, 1.807) is 37.5 Å². The molecule has 1 atom stereocenters. The molecule has 1 aliphatic heterocycles. The van der Waals surface area contributed by atoms with Crippen molar-refractivity contribution in [2.45, 2.75) is 25.7 Å². The van der Waals surface area contributed by atoms with Crippen LogP contribution in [0.15, 0.2) is 36.7 Å². The zero-order valence-electron chi connectivity index (χ0n) is 13.5. The lowest BCUT2D eigenvalue weighted by molar-refractivity contribution is -0.130. The second kappa shape index (κ2) is 6.78. The monoisotopic (exact) mass is 325 g/mol. The van der Waals surface area contributed by atoms with Crippen molar-refractivity contribution in [3.63, 3.8) is 0 Å². The Morgan fingerprint density at radius 1 is 1.29 bits per heavy atom. The standard InChI is InChI=1S/C18H19N3O3/c1-12(22)21-7-3-6-15(11-21)17-10-19-9-16(20-17)13-4-2-5-14(8-13)18(23)24/h2,4-5,8-10,15H,3,6-7,11H2,1H3,(H,23,24). The minimum atomic E-state index is -0.967. The molecule has 1 fully saturated rings. The van der Waals surface area contributed by atoms with Gasteiger partial charge in [0.1, 0.15) is 0 Å². The molecule has 1 aliphatic rings. The molecule has 0 radical (unpaired) electrons. The number of rotatable bonds is 3. The number of amides is 1. The normalized spacial score (nSPS) is 17.5. The molecule has 2 aromatic rings. The van der Waals surface area contributed by atoms with Crippen LogP contribution in [0.5, 0.6) is 0 Å². The van der Waals surface area contributed by atoms with Gasteiger partial charge in [-0.3, -0.25) is 9.78 Å². The number of aromatic carboxylic acids is 1. The van der Waals surface area contributed by atoms with Gasteiger partial charge in [-0.25, -0.2) is 9.78 Å². The fraction of sp³-hybridized carbons (Fsp3) is 0.333. The molecular formula is C18H19N3O3. The van der Waals surface area contributed by atoms with Gasteiger partial charge in [-0.1, -0.05) is 12.1 Å². The van der Waals surface area contributed by atoms with Gasteiger partial charge >= 0.3 is 5.97 Å². The lowest BCUT2D eigenvalue weighted by atomic mass is 9.94. The third-order valence-corrected chi connectivity index (χ3v) is 4.34. The minimum Gasteiger partial charge on any atom is -0.478 e. The zero-order chi connectivity index (χ0) is 17.1. The van der Waals surface area contributed by atoms with Crippen LogP contribution < -0.4 is 0 Å². The summed E-state index contributed by atoms with van der Waals surface area (Å²) in [7, 11) is 0. The molecular weight excluding hydrogens is 306 g/mol. The molecule has 1 N–H and O–H groups in total. The first-order valence-corrected chi connectivity index (χ1v) is 7.96. The van der Waals surface area contributed by atoms with Gasteiger partial charge in [0.05, 0.1) is 23.1 Å². The average molecular weight is 325 g/mol. The molecule has 0 aliphatic carbocycles. The first-order chi connectivity index (χ1) is 11.5. The van der Waals surface area contributed by atoms with Crippen molar-refractivity contribution in [2.75, 3.05) is 13.1 Å². The van der Waals surface area contributed by atoms with Crippen LogP contribution in [0.1, 0.15) is 41.7 Å². The van der Waals surface area contributed by atoms with E-state index in [1.807, 2.05) is 11.0 Å². The number of piperidine rings is 1. The Labute approximate surface area is 140 Å². The van der Waals surface area contributed by atoms with Gasteiger partial charge < -0.3 is 10.0 Å². The summed E-state index contributed by atoms with van der Waals surface area (Å²) in [6.07, 6.45) is 5.29. The summed E-state index contributed by atoms with van der Waals surface area (Å²) in [4.78, 5) is 33.5. The number of carboxylic acids is 1. The highest BCUT2D eigenvalue weighted by Crippen LogP contribution is 2.27. The maximum atomic E-state index is 11.6. The summed E-state index contributed by atoms with van der Waals surface area (Å²) in [6.45, 7) is 3.03. The van der Waals surface area contributed by atoms with E-state index in [2.05, 4.69) is 9.97 Å². The van der Waals surface area contributed by atoms with E-state index in [-0.39, 0.29) is 17.4 Å². The third-order valence-electron chi connectivity index (χ3n) is 4.34. The van der Waals surface area contributed by atoms with Gasteiger partial charge in [0.15, 0.2) is 0 Å². The van der Waals surface area contributed by atoms with Gasteiger partial charge in [-0.05, 0) is 25.0 Å². The molecule has 0 spiro atoms. The summed E-state index contributed by atoms with van der Waals surface area (Å²) < 4.78 is 0. The molecule has 24 heavy (non-hydrogen) atoms. The molecule has 1 amide bonds. The molecule has 0 bridgehead atoms. The summed E-state index contributed by atoms with van der Waals surface area (Å²) in [5.74, 6) is -0.721. The van der Waals surface area contributed by atoms with Crippen LogP contribution in [-0.4, -0.2) is 44.9 Å². The smallest absolute Gasteiger partial charge is 0.335 e. The molecule has 6 nitrogen and oxygen atoms in total. The van der Waals surface area contributed by atoms with Gasteiger partial charge in [-0.2, -0.15) is 0 Å². The van der Waals surface area contributed by atoms with E-state index in [1.165, 1.54) is 0 Å². The fourth-order valence-electron chi connectivity index (χ4n) is 3.03. The highest BCUT2D eigenvalue weighted by Gasteiger charge is 2.24. The third kappa shape index (κ3) is 3.42. The average Bonchev–Trinajstić information content (AvgIpc) is 2.62. The van der Waals surface area contributed by atoms with Crippen LogP contribution in [0, 0.1) is 0 Å². The Morgan fingerprint density at radius 2 is 2.12 bits per heavy atom. The van der Waals surface area contributed by atoms with E-state index >= 15 is 0 Å². The van der Waals surface area contributed by atoms with Crippen molar-refractivity contribution in [3.8, 4) is 11.3 Å². The van der Waals surface area contributed by atoms with Crippen molar-refractivity contribution >= 4 is 11.9 Å². The minimum absolute atomic E-state index is 0.0815. The fourth-order valence-corrected chi connectivity index (χ4v) is 3.03. The largest absolute Gasteiger partial charge is 0.478 e. The Hall–Kier alpha value is -2.76. The lowest BCUT2D eigenvalue weighted by Crippen LogP contribution is -2.37. The SMILES string of the molecule is CC(=O)N1CCCC(c2cncc(-c3cccc(C(=O)O)c3)n2)C1. The van der Waals surface area contributed by atoms with Crippen molar-refractivity contribution in [1.82, 2.24) is 14.9 Å². The highest BCUT2D eigenvalue weighted by atomic mass is 16.4. The summed E-state index contributed by atoms with van der Waals surface area (Å²) in [5, 5.41) is 9.12. The summed E-state index contributed by atoms with van der Waals surface area (Å²) in [5.41, 5.74) is 2.44. The Balaban J connectivity index is 1.88. The number of aromatic nitrogens is 2. The van der Waals surface area contributed by atoms with E-state index in [4.69, 9.17) is 5.11 Å². The maximum absolute atomic E-state index is 11.6. The number of carboxylic acid groups (broad SMARTS) is 1.